The number of carbonyl (C=O) groups excluding carboxylic acids is 4. The van der Waals surface area contributed by atoms with Crippen LogP contribution in [0.5, 0.6) is 0 Å². The summed E-state index contributed by atoms with van der Waals surface area (Å²) in [5.74, 6) is -0.603. The van der Waals surface area contributed by atoms with Crippen LogP contribution in [0.3, 0.4) is 0 Å². The molecule has 19 heteroatoms. The lowest BCUT2D eigenvalue weighted by Gasteiger charge is -2.21. The fraction of sp³-hybridized carbons (Fsp3) is 0.947. The van der Waals surface area contributed by atoms with Gasteiger partial charge in [0.25, 0.3) is 0 Å². The van der Waals surface area contributed by atoms with Crippen molar-refractivity contribution < 1.29 is 80.2 Å². The molecule has 0 aliphatic heterocycles. The fourth-order valence-electron chi connectivity index (χ4n) is 11.6. The predicted octanol–water partition coefficient (Wildman–Crippen LogP) is 22.3. The van der Waals surface area contributed by atoms with Crippen molar-refractivity contribution in [2.45, 2.75) is 413 Å². The average molecular weight is 1400 g/mol. The molecule has 0 spiro atoms. The highest BCUT2D eigenvalue weighted by Crippen LogP contribution is 2.45. The molecule has 0 heterocycles. The Hall–Kier alpha value is -1.94. The zero-order chi connectivity index (χ0) is 70.0. The van der Waals surface area contributed by atoms with Crippen molar-refractivity contribution in [1.82, 2.24) is 0 Å². The summed E-state index contributed by atoms with van der Waals surface area (Å²) in [5, 5.41) is 10.6. The lowest BCUT2D eigenvalue weighted by Crippen LogP contribution is -2.30. The molecule has 0 saturated heterocycles. The van der Waals surface area contributed by atoms with Crippen LogP contribution in [-0.2, 0) is 65.4 Å². The van der Waals surface area contributed by atoms with E-state index in [0.29, 0.717) is 25.7 Å². The van der Waals surface area contributed by atoms with Crippen LogP contribution in [0, 0.1) is 11.8 Å². The van der Waals surface area contributed by atoms with Gasteiger partial charge in [0.15, 0.2) is 12.2 Å². The first-order valence-electron chi connectivity index (χ1n) is 39.5. The van der Waals surface area contributed by atoms with Crippen LogP contribution in [0.2, 0.25) is 0 Å². The minimum atomic E-state index is -4.96. The van der Waals surface area contributed by atoms with Crippen LogP contribution in [0.15, 0.2) is 0 Å². The highest BCUT2D eigenvalue weighted by Gasteiger charge is 2.30. The van der Waals surface area contributed by atoms with Gasteiger partial charge in [-0.15, -0.1) is 0 Å². The highest BCUT2D eigenvalue weighted by atomic mass is 31.2. The second-order valence-electron chi connectivity index (χ2n) is 28.1. The van der Waals surface area contributed by atoms with E-state index in [1.165, 1.54) is 212 Å². The molecule has 3 N–H and O–H groups in total. The Bertz CT molecular complexity index is 1840. The number of phosphoric acid groups is 2. The normalized spacial score (nSPS) is 14.3. The summed E-state index contributed by atoms with van der Waals surface area (Å²) < 4.78 is 68.5. The van der Waals surface area contributed by atoms with Crippen LogP contribution >= 0.6 is 15.6 Å². The van der Waals surface area contributed by atoms with Crippen molar-refractivity contribution in [2.24, 2.45) is 11.8 Å². The number of phosphoric ester groups is 2. The average Bonchev–Trinajstić information content (AvgIpc) is 1.86. The molecule has 0 aromatic rings. The molecular weight excluding hydrogens is 1250 g/mol. The summed E-state index contributed by atoms with van der Waals surface area (Å²) in [5.41, 5.74) is 0. The standard InChI is InChI=1S/C76H148O17P2/c1-7-10-12-14-16-18-20-22-23-24-25-26-27-28-30-34-42-48-54-60-75(80)92-71(64-87-74(79)59-53-47-41-35-31-32-38-44-50-56-68(4)5)66-90-94(82,83)88-62-70(77)63-89-95(84,85)91-67-72(93-76(81)61-55-49-43-37-36-39-45-51-57-69(6)9-3)65-86-73(78)58-52-46-40-33-29-21-19-17-15-13-11-8-2/h68-72,77H,7-67H2,1-6H3,(H,82,83)(H,84,85)/t69?,70-,71-,72-/m1/s1. The molecule has 17 nitrogen and oxygen atoms in total. The molecule has 0 rings (SSSR count). The van der Waals surface area contributed by atoms with E-state index >= 15 is 0 Å². The number of unbranched alkanes of at least 4 members (excludes halogenated alkanes) is 44. The molecule has 6 atom stereocenters. The van der Waals surface area contributed by atoms with Crippen LogP contribution in [0.1, 0.15) is 395 Å². The number of ether oxygens (including phenoxy) is 4. The van der Waals surface area contributed by atoms with Gasteiger partial charge in [-0.3, -0.25) is 37.3 Å². The fourth-order valence-corrected chi connectivity index (χ4v) is 13.2. The third kappa shape index (κ3) is 69.0. The monoisotopic (exact) mass is 1400 g/mol. The van der Waals surface area contributed by atoms with Gasteiger partial charge >= 0.3 is 39.5 Å². The van der Waals surface area contributed by atoms with Gasteiger partial charge in [-0.1, -0.05) is 343 Å². The first kappa shape index (κ1) is 93.1. The third-order valence-electron chi connectivity index (χ3n) is 18.1. The molecule has 0 radical (unpaired) electrons. The number of hydrogen-bond donors (Lipinski definition) is 3. The number of carbonyl (C=O) groups is 4. The molecule has 95 heavy (non-hydrogen) atoms. The van der Waals surface area contributed by atoms with Crippen molar-refractivity contribution >= 4 is 39.5 Å². The third-order valence-corrected chi connectivity index (χ3v) is 20.0. The topological polar surface area (TPSA) is 237 Å². The van der Waals surface area contributed by atoms with E-state index in [1.54, 1.807) is 0 Å². The maximum atomic E-state index is 13.1. The molecule has 0 amide bonds. The van der Waals surface area contributed by atoms with E-state index < -0.39 is 97.5 Å². The SMILES string of the molecule is CCCCCCCCCCCCCCCCCCCCCC(=O)O[C@H](COC(=O)CCCCCCCCCCCC(C)C)COP(=O)(O)OC[C@@H](O)COP(=O)(O)OC[C@@H](COC(=O)CCCCCCCCCCCCCC)OC(=O)CCCCCCCCCCC(C)CC. The zero-order valence-corrected chi connectivity index (χ0v) is 63.8. The van der Waals surface area contributed by atoms with E-state index in [-0.39, 0.29) is 25.7 Å². The van der Waals surface area contributed by atoms with Crippen molar-refractivity contribution in [3.05, 3.63) is 0 Å². The summed E-state index contributed by atoms with van der Waals surface area (Å²) in [6, 6.07) is 0. The van der Waals surface area contributed by atoms with Gasteiger partial charge in [0.2, 0.25) is 0 Å². The Morgan fingerprint density at radius 3 is 0.800 bits per heavy atom. The van der Waals surface area contributed by atoms with E-state index in [9.17, 15) is 43.2 Å². The molecule has 0 saturated carbocycles. The molecule has 0 bridgehead atoms. The Morgan fingerprint density at radius 2 is 0.537 bits per heavy atom. The second kappa shape index (κ2) is 67.9. The van der Waals surface area contributed by atoms with Gasteiger partial charge in [0.05, 0.1) is 26.4 Å². The molecular formula is C76H148O17P2. The summed E-state index contributed by atoms with van der Waals surface area (Å²) >= 11 is 0. The Balaban J connectivity index is 5.23. The Morgan fingerprint density at radius 1 is 0.305 bits per heavy atom. The predicted molar refractivity (Wildman–Crippen MR) is 386 cm³/mol. The first-order chi connectivity index (χ1) is 45.9. The summed E-state index contributed by atoms with van der Waals surface area (Å²) in [6.07, 6.45) is 55.4. The van der Waals surface area contributed by atoms with Crippen molar-refractivity contribution in [1.29, 1.82) is 0 Å². The largest absolute Gasteiger partial charge is 0.472 e. The second-order valence-corrected chi connectivity index (χ2v) is 31.0. The number of rotatable bonds is 75. The van der Waals surface area contributed by atoms with Crippen molar-refractivity contribution in [3.8, 4) is 0 Å². The summed E-state index contributed by atoms with van der Waals surface area (Å²) in [4.78, 5) is 72.8. The van der Waals surface area contributed by atoms with Gasteiger partial charge in [-0.25, -0.2) is 9.13 Å². The number of aliphatic hydroxyl groups is 1. The molecule has 0 aliphatic carbocycles. The number of aliphatic hydroxyl groups excluding tert-OH is 1. The van der Waals surface area contributed by atoms with Gasteiger partial charge < -0.3 is 33.8 Å². The molecule has 0 aromatic heterocycles. The highest BCUT2D eigenvalue weighted by molar-refractivity contribution is 7.47. The minimum absolute atomic E-state index is 0.105. The maximum absolute atomic E-state index is 13.1. The zero-order valence-electron chi connectivity index (χ0n) is 62.0. The van der Waals surface area contributed by atoms with E-state index in [2.05, 4.69) is 41.5 Å². The Kier molecular flexibility index (Phi) is 66.5. The molecule has 0 aromatic carbocycles. The van der Waals surface area contributed by atoms with Gasteiger partial charge in [-0.05, 0) is 37.5 Å². The Labute approximate surface area is 581 Å². The molecule has 3 unspecified atom stereocenters. The number of hydrogen-bond acceptors (Lipinski definition) is 15. The van der Waals surface area contributed by atoms with E-state index in [0.717, 1.165) is 102 Å². The summed E-state index contributed by atoms with van der Waals surface area (Å²) in [6.45, 7) is 9.58. The van der Waals surface area contributed by atoms with Gasteiger partial charge in [0, 0.05) is 25.7 Å². The lowest BCUT2D eigenvalue weighted by atomic mass is 9.99. The van der Waals surface area contributed by atoms with E-state index in [1.807, 2.05) is 0 Å². The van der Waals surface area contributed by atoms with Crippen molar-refractivity contribution in [3.63, 3.8) is 0 Å². The maximum Gasteiger partial charge on any atom is 0.472 e. The van der Waals surface area contributed by atoms with Gasteiger partial charge in [0.1, 0.15) is 19.3 Å². The molecule has 564 valence electrons. The van der Waals surface area contributed by atoms with Crippen molar-refractivity contribution in [2.75, 3.05) is 39.6 Å². The lowest BCUT2D eigenvalue weighted by molar-refractivity contribution is -0.161. The quantitative estimate of drug-likeness (QED) is 0.0222. The smallest absolute Gasteiger partial charge is 0.462 e. The van der Waals surface area contributed by atoms with Crippen LogP contribution in [0.4, 0.5) is 0 Å². The van der Waals surface area contributed by atoms with E-state index in [4.69, 9.17) is 37.0 Å². The van der Waals surface area contributed by atoms with Crippen LogP contribution in [-0.4, -0.2) is 96.7 Å². The van der Waals surface area contributed by atoms with Crippen LogP contribution < -0.4 is 0 Å². The minimum Gasteiger partial charge on any atom is -0.462 e. The summed E-state index contributed by atoms with van der Waals surface area (Å²) in [7, 11) is -9.91. The molecule has 0 aliphatic rings. The number of esters is 4. The first-order valence-corrected chi connectivity index (χ1v) is 42.5. The van der Waals surface area contributed by atoms with Crippen LogP contribution in [0.25, 0.3) is 0 Å². The van der Waals surface area contributed by atoms with Gasteiger partial charge in [-0.2, -0.15) is 0 Å². The molecule has 0 fully saturated rings.